The molecule has 1 N–H and O–H groups in total. The lowest BCUT2D eigenvalue weighted by atomic mass is 10.1. The molecule has 0 atom stereocenters. The Balaban J connectivity index is 2.30. The van der Waals surface area contributed by atoms with E-state index in [-0.39, 0.29) is 18.7 Å². The van der Waals surface area contributed by atoms with Crippen LogP contribution >= 0.6 is 0 Å². The molecule has 36 heavy (non-hydrogen) atoms. The van der Waals surface area contributed by atoms with Crippen LogP contribution in [0.25, 0.3) is 0 Å². The average Bonchev–Trinajstić information content (AvgIpc) is 2.75. The van der Waals surface area contributed by atoms with Crippen molar-refractivity contribution in [2.24, 2.45) is 0 Å². The van der Waals surface area contributed by atoms with Crippen LogP contribution < -0.4 is 10.2 Å². The molecule has 0 aromatic heterocycles. The first-order chi connectivity index (χ1) is 16.6. The van der Waals surface area contributed by atoms with Crippen LogP contribution in [0.2, 0.25) is 0 Å². The smallest absolute Gasteiger partial charge is 0.326 e. The molecule has 10 nitrogen and oxygen atoms in total. The van der Waals surface area contributed by atoms with E-state index in [1.165, 1.54) is 0 Å². The highest BCUT2D eigenvalue weighted by molar-refractivity contribution is 6.09. The Morgan fingerprint density at radius 3 is 1.86 bits per heavy atom. The number of nitro groups is 2. The van der Waals surface area contributed by atoms with Crippen LogP contribution in [0, 0.1) is 20.2 Å². The van der Waals surface area contributed by atoms with Gasteiger partial charge in [0.2, 0.25) is 11.8 Å². The van der Waals surface area contributed by atoms with Gasteiger partial charge in [-0.25, -0.2) is 0 Å². The van der Waals surface area contributed by atoms with Crippen molar-refractivity contribution in [1.82, 2.24) is 0 Å². The van der Waals surface area contributed by atoms with Crippen molar-refractivity contribution < 1.29 is 45.8 Å². The zero-order valence-electron chi connectivity index (χ0n) is 18.1. The van der Waals surface area contributed by atoms with E-state index in [1.54, 1.807) is 6.92 Å². The van der Waals surface area contributed by atoms with E-state index < -0.39 is 68.6 Å². The molecule has 0 radical (unpaired) electrons. The predicted octanol–water partition coefficient (Wildman–Crippen LogP) is 5.31. The number of anilines is 2. The molecule has 2 rings (SSSR count). The second-order valence-corrected chi connectivity index (χ2v) is 7.21. The van der Waals surface area contributed by atoms with Gasteiger partial charge in [0.1, 0.15) is 17.5 Å². The number of rotatable bonds is 8. The Labute approximate surface area is 197 Å². The lowest BCUT2D eigenvalue weighted by Gasteiger charge is -2.23. The summed E-state index contributed by atoms with van der Waals surface area (Å²) < 4.78 is 79.2. The second-order valence-electron chi connectivity index (χ2n) is 7.21. The Kier molecular flexibility index (Phi) is 8.22. The minimum Gasteiger partial charge on any atom is -0.326 e. The highest BCUT2D eigenvalue weighted by Crippen LogP contribution is 2.39. The quantitative estimate of drug-likeness (QED) is 0.216. The fraction of sp³-hybridized carbons (Fsp3) is 0.300. The molecular weight excluding hydrogens is 506 g/mol. The van der Waals surface area contributed by atoms with Crippen LogP contribution in [-0.4, -0.2) is 28.2 Å². The van der Waals surface area contributed by atoms with E-state index >= 15 is 0 Å². The third-order valence-electron chi connectivity index (χ3n) is 4.64. The standard InChI is InChI=1S/C20H16F6N4O6/c1-2-7-28(12-4-6-16(30(35)36)14(9-12)20(24,25)26)18(32)10-17(31)27-11-3-5-15(29(33)34)13(8-11)19(21,22)23/h3-6,8-9H,2,7,10H2,1H3,(H,27,31). The number of carbonyl (C=O) groups is 2. The summed E-state index contributed by atoms with van der Waals surface area (Å²) in [6.45, 7) is 1.38. The fourth-order valence-corrected chi connectivity index (χ4v) is 3.14. The number of alkyl halides is 6. The molecule has 16 heteroatoms. The molecule has 0 fully saturated rings. The monoisotopic (exact) mass is 522 g/mol. The zero-order chi connectivity index (χ0) is 27.4. The van der Waals surface area contributed by atoms with Crippen molar-refractivity contribution >= 4 is 34.6 Å². The summed E-state index contributed by atoms with van der Waals surface area (Å²) >= 11 is 0. The van der Waals surface area contributed by atoms with Gasteiger partial charge in [0.05, 0.1) is 9.85 Å². The van der Waals surface area contributed by atoms with Gasteiger partial charge in [-0.1, -0.05) is 6.92 Å². The van der Waals surface area contributed by atoms with Crippen LogP contribution in [0.3, 0.4) is 0 Å². The third-order valence-corrected chi connectivity index (χ3v) is 4.64. The van der Waals surface area contributed by atoms with Crippen molar-refractivity contribution in [3.63, 3.8) is 0 Å². The molecule has 0 aliphatic carbocycles. The minimum atomic E-state index is -5.12. The molecule has 194 valence electrons. The fourth-order valence-electron chi connectivity index (χ4n) is 3.14. The van der Waals surface area contributed by atoms with Crippen LogP contribution in [0.1, 0.15) is 30.9 Å². The molecule has 0 aliphatic rings. The maximum Gasteiger partial charge on any atom is 0.423 e. The van der Waals surface area contributed by atoms with Gasteiger partial charge >= 0.3 is 12.4 Å². The second kappa shape index (κ2) is 10.6. The maximum atomic E-state index is 13.3. The molecular formula is C20H16F6N4O6. The van der Waals surface area contributed by atoms with Crippen LogP contribution in [0.15, 0.2) is 36.4 Å². The first kappa shape index (κ1) is 28.0. The number of hydrogen-bond acceptors (Lipinski definition) is 6. The third kappa shape index (κ3) is 6.67. The van der Waals surface area contributed by atoms with Crippen LogP contribution in [0.4, 0.5) is 49.1 Å². The van der Waals surface area contributed by atoms with Crippen molar-refractivity contribution in [2.45, 2.75) is 32.1 Å². The number of nitrogens with one attached hydrogen (secondary N) is 1. The number of hydrogen-bond donors (Lipinski definition) is 1. The Morgan fingerprint density at radius 1 is 0.889 bits per heavy atom. The summed E-state index contributed by atoms with van der Waals surface area (Å²) in [5, 5.41) is 23.7. The van der Waals surface area contributed by atoms with Gasteiger partial charge in [-0.05, 0) is 30.7 Å². The van der Waals surface area contributed by atoms with Crippen molar-refractivity contribution in [3.8, 4) is 0 Å². The zero-order valence-corrected chi connectivity index (χ0v) is 18.1. The van der Waals surface area contributed by atoms with E-state index in [0.717, 1.165) is 17.0 Å². The van der Waals surface area contributed by atoms with E-state index in [2.05, 4.69) is 0 Å². The van der Waals surface area contributed by atoms with Gasteiger partial charge in [-0.2, -0.15) is 26.3 Å². The molecule has 0 spiro atoms. The maximum absolute atomic E-state index is 13.3. The SMILES string of the molecule is CCCN(C(=O)CC(=O)Nc1ccc([N+](=O)[O-])c(C(F)(F)F)c1)c1ccc([N+](=O)[O-])c(C(F)(F)F)c1. The van der Waals surface area contributed by atoms with Crippen molar-refractivity contribution in [1.29, 1.82) is 0 Å². The highest BCUT2D eigenvalue weighted by Gasteiger charge is 2.40. The summed E-state index contributed by atoms with van der Waals surface area (Å²) in [5.74, 6) is -2.20. The number of amides is 2. The number of halogens is 6. The summed E-state index contributed by atoms with van der Waals surface area (Å²) in [6.07, 6.45) is -11.1. The molecule has 2 amide bonds. The summed E-state index contributed by atoms with van der Waals surface area (Å²) in [6, 6.07) is 3.46. The molecule has 2 aromatic carbocycles. The number of carbonyl (C=O) groups excluding carboxylic acids is 2. The van der Waals surface area contributed by atoms with Gasteiger partial charge in [0.25, 0.3) is 11.4 Å². The van der Waals surface area contributed by atoms with E-state index in [1.807, 2.05) is 5.32 Å². The summed E-state index contributed by atoms with van der Waals surface area (Å²) in [5.41, 5.74) is -6.66. The Morgan fingerprint density at radius 2 is 1.39 bits per heavy atom. The van der Waals surface area contributed by atoms with Gasteiger partial charge in [0, 0.05) is 30.1 Å². The number of benzene rings is 2. The predicted molar refractivity (Wildman–Crippen MR) is 112 cm³/mol. The highest BCUT2D eigenvalue weighted by atomic mass is 19.4. The molecule has 0 bridgehead atoms. The summed E-state index contributed by atoms with van der Waals surface area (Å²) in [4.78, 5) is 45.0. The van der Waals surface area contributed by atoms with E-state index in [9.17, 15) is 56.2 Å². The number of nitrogens with zero attached hydrogens (tertiary/aromatic N) is 3. The molecule has 0 aliphatic heterocycles. The van der Waals surface area contributed by atoms with Gasteiger partial charge in [-0.15, -0.1) is 0 Å². The van der Waals surface area contributed by atoms with E-state index in [0.29, 0.717) is 24.3 Å². The normalized spacial score (nSPS) is 11.6. The van der Waals surface area contributed by atoms with Gasteiger partial charge in [0.15, 0.2) is 0 Å². The summed E-state index contributed by atoms with van der Waals surface area (Å²) in [7, 11) is 0. The Bertz CT molecular complexity index is 1200. The van der Waals surface area contributed by atoms with Crippen LogP contribution in [0.5, 0.6) is 0 Å². The van der Waals surface area contributed by atoms with E-state index in [4.69, 9.17) is 0 Å². The van der Waals surface area contributed by atoms with Crippen molar-refractivity contribution in [2.75, 3.05) is 16.8 Å². The molecule has 2 aromatic rings. The molecule has 0 unspecified atom stereocenters. The lowest BCUT2D eigenvalue weighted by molar-refractivity contribution is -0.388. The largest absolute Gasteiger partial charge is 0.423 e. The lowest BCUT2D eigenvalue weighted by Crippen LogP contribution is -2.34. The molecule has 0 heterocycles. The van der Waals surface area contributed by atoms with Crippen molar-refractivity contribution in [3.05, 3.63) is 67.8 Å². The first-order valence-electron chi connectivity index (χ1n) is 9.87. The Hall–Kier alpha value is -4.24. The van der Waals surface area contributed by atoms with Crippen LogP contribution in [-0.2, 0) is 21.9 Å². The molecule has 0 saturated carbocycles. The minimum absolute atomic E-state index is 0.184. The van der Waals surface area contributed by atoms with Gasteiger partial charge < -0.3 is 10.2 Å². The molecule has 0 saturated heterocycles. The topological polar surface area (TPSA) is 136 Å². The van der Waals surface area contributed by atoms with Gasteiger partial charge in [-0.3, -0.25) is 29.8 Å². The number of nitro benzene ring substituents is 2. The first-order valence-corrected chi connectivity index (χ1v) is 9.87. The average molecular weight is 522 g/mol.